The highest BCUT2D eigenvalue weighted by atomic mass is 79.9. The first-order valence-electron chi connectivity index (χ1n) is 6.39. The molecular formula is C14H16BrN3O. The van der Waals surface area contributed by atoms with Crippen LogP contribution in [0.5, 0.6) is 0 Å². The molecule has 1 aliphatic heterocycles. The summed E-state index contributed by atoms with van der Waals surface area (Å²) < 4.78 is 6.47. The second kappa shape index (κ2) is 5.06. The lowest BCUT2D eigenvalue weighted by atomic mass is 10.2. The van der Waals surface area contributed by atoms with Crippen LogP contribution in [0.25, 0.3) is 10.9 Å². The summed E-state index contributed by atoms with van der Waals surface area (Å²) in [5.74, 6) is 1.83. The van der Waals surface area contributed by atoms with Crippen molar-refractivity contribution in [2.24, 2.45) is 0 Å². The molecule has 1 atom stereocenters. The monoisotopic (exact) mass is 321 g/mol. The largest absolute Gasteiger partial charge is 0.380 e. The molecule has 1 unspecified atom stereocenters. The van der Waals surface area contributed by atoms with Gasteiger partial charge < -0.3 is 9.64 Å². The minimum atomic E-state index is 0.306. The molecular weight excluding hydrogens is 306 g/mol. The van der Waals surface area contributed by atoms with Crippen molar-refractivity contribution >= 4 is 32.7 Å². The SMILES string of the molecule is COC1CCN(c2nc(C)nc3cc(Br)ccc23)C1. The lowest BCUT2D eigenvalue weighted by Crippen LogP contribution is -2.23. The third kappa shape index (κ3) is 2.44. The Balaban J connectivity index is 2.08. The van der Waals surface area contributed by atoms with E-state index >= 15 is 0 Å². The molecule has 4 nitrogen and oxygen atoms in total. The molecule has 0 saturated carbocycles. The minimum absolute atomic E-state index is 0.306. The molecule has 0 amide bonds. The number of aromatic nitrogens is 2. The lowest BCUT2D eigenvalue weighted by Gasteiger charge is -2.19. The van der Waals surface area contributed by atoms with Crippen LogP contribution < -0.4 is 4.90 Å². The third-order valence-corrected chi connectivity index (χ3v) is 4.02. The summed E-state index contributed by atoms with van der Waals surface area (Å²) >= 11 is 3.49. The second-order valence-electron chi connectivity index (χ2n) is 4.85. The first-order chi connectivity index (χ1) is 9.17. The van der Waals surface area contributed by atoms with Gasteiger partial charge in [0.1, 0.15) is 11.6 Å². The highest BCUT2D eigenvalue weighted by molar-refractivity contribution is 9.10. The normalized spacial score (nSPS) is 19.3. The summed E-state index contributed by atoms with van der Waals surface area (Å²) in [6.07, 6.45) is 1.36. The van der Waals surface area contributed by atoms with E-state index in [9.17, 15) is 0 Å². The molecule has 2 heterocycles. The average Bonchev–Trinajstić information content (AvgIpc) is 2.85. The summed E-state index contributed by atoms with van der Waals surface area (Å²) in [4.78, 5) is 11.4. The van der Waals surface area contributed by atoms with Crippen LogP contribution >= 0.6 is 15.9 Å². The van der Waals surface area contributed by atoms with Crippen molar-refractivity contribution in [1.29, 1.82) is 0 Å². The predicted octanol–water partition coefficient (Wildman–Crippen LogP) is 2.93. The molecule has 2 aromatic rings. The fourth-order valence-electron chi connectivity index (χ4n) is 2.55. The maximum absolute atomic E-state index is 5.43. The Morgan fingerprint density at radius 3 is 2.95 bits per heavy atom. The van der Waals surface area contributed by atoms with Gasteiger partial charge in [-0.2, -0.15) is 0 Å². The van der Waals surface area contributed by atoms with Gasteiger partial charge in [0.05, 0.1) is 11.6 Å². The Bertz CT molecular complexity index is 612. The van der Waals surface area contributed by atoms with Crippen LogP contribution in [0.2, 0.25) is 0 Å². The van der Waals surface area contributed by atoms with Gasteiger partial charge in [0.2, 0.25) is 0 Å². The number of methoxy groups -OCH3 is 1. The minimum Gasteiger partial charge on any atom is -0.380 e. The summed E-state index contributed by atoms with van der Waals surface area (Å²) in [5, 5.41) is 1.10. The van der Waals surface area contributed by atoms with E-state index in [1.165, 1.54) is 0 Å². The van der Waals surface area contributed by atoms with Crippen molar-refractivity contribution < 1.29 is 4.74 Å². The summed E-state index contributed by atoms with van der Waals surface area (Å²) in [6, 6.07) is 6.15. The number of aryl methyl sites for hydroxylation is 1. The van der Waals surface area contributed by atoms with Crippen molar-refractivity contribution in [2.75, 3.05) is 25.1 Å². The Morgan fingerprint density at radius 1 is 1.37 bits per heavy atom. The molecule has 0 bridgehead atoms. The summed E-state index contributed by atoms with van der Waals surface area (Å²) in [6.45, 7) is 3.83. The van der Waals surface area contributed by atoms with Gasteiger partial charge in [-0.3, -0.25) is 0 Å². The van der Waals surface area contributed by atoms with E-state index in [1.807, 2.05) is 19.1 Å². The molecule has 5 heteroatoms. The zero-order valence-electron chi connectivity index (χ0n) is 11.1. The van der Waals surface area contributed by atoms with Crippen molar-refractivity contribution in [1.82, 2.24) is 9.97 Å². The zero-order valence-corrected chi connectivity index (χ0v) is 12.6. The summed E-state index contributed by atoms with van der Waals surface area (Å²) in [5.41, 5.74) is 0.984. The average molecular weight is 322 g/mol. The van der Waals surface area contributed by atoms with E-state index < -0.39 is 0 Å². The fraction of sp³-hybridized carbons (Fsp3) is 0.429. The van der Waals surface area contributed by atoms with Gasteiger partial charge in [0, 0.05) is 30.1 Å². The Kier molecular flexibility index (Phi) is 3.41. The van der Waals surface area contributed by atoms with Gasteiger partial charge in [-0.05, 0) is 31.5 Å². The summed E-state index contributed by atoms with van der Waals surface area (Å²) in [7, 11) is 1.77. The topological polar surface area (TPSA) is 38.2 Å². The quantitative estimate of drug-likeness (QED) is 0.852. The number of fused-ring (bicyclic) bond motifs is 1. The molecule has 0 radical (unpaired) electrons. The van der Waals surface area contributed by atoms with E-state index in [1.54, 1.807) is 7.11 Å². The van der Waals surface area contributed by atoms with E-state index in [2.05, 4.69) is 36.9 Å². The Morgan fingerprint density at radius 2 is 2.21 bits per heavy atom. The third-order valence-electron chi connectivity index (χ3n) is 3.53. The number of hydrogen-bond acceptors (Lipinski definition) is 4. The highest BCUT2D eigenvalue weighted by Gasteiger charge is 2.24. The van der Waals surface area contributed by atoms with Gasteiger partial charge in [-0.1, -0.05) is 15.9 Å². The number of nitrogens with zero attached hydrogens (tertiary/aromatic N) is 3. The van der Waals surface area contributed by atoms with Gasteiger partial charge >= 0.3 is 0 Å². The number of rotatable bonds is 2. The van der Waals surface area contributed by atoms with Crippen molar-refractivity contribution in [2.45, 2.75) is 19.4 Å². The number of hydrogen-bond donors (Lipinski definition) is 0. The number of ether oxygens (including phenoxy) is 1. The first-order valence-corrected chi connectivity index (χ1v) is 7.18. The molecule has 1 saturated heterocycles. The molecule has 1 fully saturated rings. The predicted molar refractivity (Wildman–Crippen MR) is 79.6 cm³/mol. The molecule has 19 heavy (non-hydrogen) atoms. The van der Waals surface area contributed by atoms with E-state index in [0.29, 0.717) is 6.10 Å². The molecule has 3 rings (SSSR count). The van der Waals surface area contributed by atoms with Crippen molar-refractivity contribution in [3.05, 3.63) is 28.5 Å². The van der Waals surface area contributed by atoms with Gasteiger partial charge in [0.15, 0.2) is 0 Å². The van der Waals surface area contributed by atoms with Crippen molar-refractivity contribution in [3.8, 4) is 0 Å². The van der Waals surface area contributed by atoms with Crippen LogP contribution in [0.4, 0.5) is 5.82 Å². The van der Waals surface area contributed by atoms with E-state index in [4.69, 9.17) is 4.74 Å². The van der Waals surface area contributed by atoms with Gasteiger partial charge in [-0.15, -0.1) is 0 Å². The highest BCUT2D eigenvalue weighted by Crippen LogP contribution is 2.29. The first kappa shape index (κ1) is 12.8. The van der Waals surface area contributed by atoms with Gasteiger partial charge in [-0.25, -0.2) is 9.97 Å². The van der Waals surface area contributed by atoms with Crippen LogP contribution in [0.3, 0.4) is 0 Å². The number of anilines is 1. The molecule has 0 spiro atoms. The molecule has 1 aliphatic rings. The second-order valence-corrected chi connectivity index (χ2v) is 5.76. The molecule has 0 N–H and O–H groups in total. The maximum atomic E-state index is 5.43. The van der Waals surface area contributed by atoms with Crippen LogP contribution in [0.1, 0.15) is 12.2 Å². The van der Waals surface area contributed by atoms with Crippen LogP contribution in [-0.2, 0) is 4.74 Å². The number of halogens is 1. The lowest BCUT2D eigenvalue weighted by molar-refractivity contribution is 0.121. The van der Waals surface area contributed by atoms with Crippen LogP contribution in [-0.4, -0.2) is 36.3 Å². The van der Waals surface area contributed by atoms with Crippen molar-refractivity contribution in [3.63, 3.8) is 0 Å². The Hall–Kier alpha value is -1.20. The van der Waals surface area contributed by atoms with E-state index in [-0.39, 0.29) is 0 Å². The maximum Gasteiger partial charge on any atom is 0.140 e. The molecule has 100 valence electrons. The molecule has 1 aromatic carbocycles. The smallest absolute Gasteiger partial charge is 0.140 e. The fourth-order valence-corrected chi connectivity index (χ4v) is 2.90. The zero-order chi connectivity index (χ0) is 13.4. The van der Waals surface area contributed by atoms with Crippen LogP contribution in [0, 0.1) is 6.92 Å². The Labute approximate surface area is 120 Å². The van der Waals surface area contributed by atoms with Crippen LogP contribution in [0.15, 0.2) is 22.7 Å². The number of benzene rings is 1. The standard InChI is InChI=1S/C14H16BrN3O/c1-9-16-13-7-10(15)3-4-12(13)14(17-9)18-6-5-11(8-18)19-2/h3-4,7,11H,5-6,8H2,1-2H3. The van der Waals surface area contributed by atoms with E-state index in [0.717, 1.165) is 46.5 Å². The molecule has 0 aliphatic carbocycles. The molecule has 1 aromatic heterocycles. The van der Waals surface area contributed by atoms with Gasteiger partial charge in [0.25, 0.3) is 0 Å².